The highest BCUT2D eigenvalue weighted by atomic mass is 16.6. The third kappa shape index (κ3) is 3.93. The maximum atomic E-state index is 13.3. The van der Waals surface area contributed by atoms with Crippen LogP contribution in [0.5, 0.6) is 0 Å². The van der Waals surface area contributed by atoms with Gasteiger partial charge in [0.25, 0.3) is 5.69 Å². The predicted octanol–water partition coefficient (Wildman–Crippen LogP) is 3.49. The topological polar surface area (TPSA) is 112 Å². The van der Waals surface area contributed by atoms with Crippen molar-refractivity contribution in [3.05, 3.63) is 93.0 Å². The largest absolute Gasteiger partial charge is 0.335 e. The van der Waals surface area contributed by atoms with E-state index in [1.165, 1.54) is 22.8 Å². The summed E-state index contributed by atoms with van der Waals surface area (Å²) in [7, 11) is 0. The van der Waals surface area contributed by atoms with Crippen LogP contribution in [-0.4, -0.2) is 24.9 Å². The lowest BCUT2D eigenvalue weighted by molar-refractivity contribution is -0.384. The molecule has 0 atom stereocenters. The first-order chi connectivity index (χ1) is 15.0. The van der Waals surface area contributed by atoms with Crippen molar-refractivity contribution in [1.82, 2.24) is 14.1 Å². The fourth-order valence-corrected chi connectivity index (χ4v) is 3.34. The van der Waals surface area contributed by atoms with Gasteiger partial charge in [-0.1, -0.05) is 25.1 Å². The molecule has 0 radical (unpaired) electrons. The molecule has 4 aromatic rings. The Morgan fingerprint density at radius 2 is 1.90 bits per heavy atom. The Balaban J connectivity index is 1.76. The predicted molar refractivity (Wildman–Crippen MR) is 116 cm³/mol. The van der Waals surface area contributed by atoms with Gasteiger partial charge in [0.05, 0.1) is 22.7 Å². The first-order valence-corrected chi connectivity index (χ1v) is 9.68. The van der Waals surface area contributed by atoms with Gasteiger partial charge in [0.15, 0.2) is 5.65 Å². The zero-order chi connectivity index (χ0) is 22.0. The Hall–Kier alpha value is -4.27. The molecule has 0 aliphatic heterocycles. The second-order valence-electron chi connectivity index (χ2n) is 6.93. The number of anilines is 1. The maximum Gasteiger partial charge on any atom is 0.335 e. The van der Waals surface area contributed by atoms with Gasteiger partial charge in [-0.2, -0.15) is 0 Å². The Kier molecular flexibility index (Phi) is 5.31. The number of nitro groups is 1. The van der Waals surface area contributed by atoms with Gasteiger partial charge < -0.3 is 5.32 Å². The molecule has 156 valence electrons. The molecule has 0 unspecified atom stereocenters. The number of non-ortho nitro benzene ring substituents is 1. The van der Waals surface area contributed by atoms with E-state index in [-0.39, 0.29) is 23.8 Å². The van der Waals surface area contributed by atoms with E-state index in [4.69, 9.17) is 0 Å². The summed E-state index contributed by atoms with van der Waals surface area (Å²) in [6.07, 6.45) is 1.96. The average Bonchev–Trinajstić information content (AvgIpc) is 3.06. The number of pyridine rings is 1. The fraction of sp³-hybridized carbons (Fsp3) is 0.136. The van der Waals surface area contributed by atoms with Crippen molar-refractivity contribution in [1.29, 1.82) is 0 Å². The minimum Gasteiger partial charge on any atom is -0.326 e. The third-order valence-corrected chi connectivity index (χ3v) is 4.89. The van der Waals surface area contributed by atoms with Crippen LogP contribution >= 0.6 is 0 Å². The monoisotopic (exact) mass is 417 g/mol. The highest BCUT2D eigenvalue weighted by Gasteiger charge is 2.17. The molecular formula is C22H19N5O4. The lowest BCUT2D eigenvalue weighted by atomic mass is 10.2. The van der Waals surface area contributed by atoms with E-state index < -0.39 is 4.92 Å². The second kappa shape index (κ2) is 8.23. The second-order valence-corrected chi connectivity index (χ2v) is 6.93. The smallest absolute Gasteiger partial charge is 0.326 e. The van der Waals surface area contributed by atoms with Gasteiger partial charge in [-0.25, -0.2) is 14.3 Å². The molecule has 0 spiro atoms. The van der Waals surface area contributed by atoms with Crippen LogP contribution in [0, 0.1) is 10.1 Å². The number of aromatic nitrogens is 3. The van der Waals surface area contributed by atoms with E-state index in [0.717, 1.165) is 5.56 Å². The highest BCUT2D eigenvalue weighted by Crippen LogP contribution is 2.21. The number of nitrogens with zero attached hydrogens (tertiary/aromatic N) is 4. The van der Waals surface area contributed by atoms with E-state index in [9.17, 15) is 19.7 Å². The molecular weight excluding hydrogens is 398 g/mol. The van der Waals surface area contributed by atoms with Crippen LogP contribution in [-0.2, 0) is 11.3 Å². The summed E-state index contributed by atoms with van der Waals surface area (Å²) in [5, 5.41) is 14.0. The molecule has 4 rings (SSSR count). The van der Waals surface area contributed by atoms with Gasteiger partial charge in [0.1, 0.15) is 0 Å². The summed E-state index contributed by atoms with van der Waals surface area (Å²) in [6.45, 7) is 2.06. The number of amides is 1. The maximum absolute atomic E-state index is 13.3. The van der Waals surface area contributed by atoms with Gasteiger partial charge in [0, 0.05) is 30.4 Å². The SMILES string of the molecule is CCC(=O)Nc1ccc(Cn2c(=O)n(-c3cccc([N+](=O)[O-])c3)c3ncccc32)cc1. The Morgan fingerprint density at radius 1 is 1.13 bits per heavy atom. The number of imidazole rings is 1. The van der Waals surface area contributed by atoms with Crippen molar-refractivity contribution >= 4 is 28.4 Å². The van der Waals surface area contributed by atoms with Gasteiger partial charge in [-0.3, -0.25) is 19.5 Å². The summed E-state index contributed by atoms with van der Waals surface area (Å²) < 4.78 is 2.94. The molecule has 1 amide bonds. The minimum absolute atomic E-state index is 0.0740. The van der Waals surface area contributed by atoms with Gasteiger partial charge in [0.2, 0.25) is 5.91 Å². The van der Waals surface area contributed by atoms with E-state index in [2.05, 4.69) is 10.3 Å². The van der Waals surface area contributed by atoms with Crippen molar-refractivity contribution in [2.75, 3.05) is 5.32 Å². The zero-order valence-electron chi connectivity index (χ0n) is 16.7. The highest BCUT2D eigenvalue weighted by molar-refractivity contribution is 5.90. The zero-order valence-corrected chi connectivity index (χ0v) is 16.7. The standard InChI is InChI=1S/C22H19N5O4/c1-2-20(28)24-16-10-8-15(9-11-16)14-25-19-7-4-12-23-21(19)26(22(25)29)17-5-3-6-18(13-17)27(30)31/h3-13H,2,14H2,1H3,(H,24,28). The molecule has 0 aliphatic rings. The third-order valence-electron chi connectivity index (χ3n) is 4.89. The first kappa shape index (κ1) is 20.0. The average molecular weight is 417 g/mol. The van der Waals surface area contributed by atoms with Crippen LogP contribution in [0.15, 0.2) is 71.7 Å². The van der Waals surface area contributed by atoms with E-state index in [1.807, 2.05) is 12.1 Å². The van der Waals surface area contributed by atoms with Crippen LogP contribution < -0.4 is 11.0 Å². The number of fused-ring (bicyclic) bond motifs is 1. The lowest BCUT2D eigenvalue weighted by Gasteiger charge is -2.07. The Bertz CT molecular complexity index is 1340. The van der Waals surface area contributed by atoms with Crippen molar-refractivity contribution in [2.45, 2.75) is 19.9 Å². The molecule has 0 saturated heterocycles. The molecule has 2 aromatic carbocycles. The summed E-state index contributed by atoms with van der Waals surface area (Å²) in [6, 6.07) is 16.7. The number of nitrogens with one attached hydrogen (secondary N) is 1. The molecule has 9 nitrogen and oxygen atoms in total. The molecule has 31 heavy (non-hydrogen) atoms. The van der Waals surface area contributed by atoms with E-state index in [0.29, 0.717) is 29.0 Å². The molecule has 2 aromatic heterocycles. The normalized spacial score (nSPS) is 10.9. The number of carbonyl (C=O) groups is 1. The molecule has 0 fully saturated rings. The summed E-state index contributed by atoms with van der Waals surface area (Å²) in [5.41, 5.74) is 2.49. The van der Waals surface area contributed by atoms with Crippen LogP contribution in [0.1, 0.15) is 18.9 Å². The molecule has 9 heteroatoms. The summed E-state index contributed by atoms with van der Waals surface area (Å²) >= 11 is 0. The van der Waals surface area contributed by atoms with Crippen molar-refractivity contribution in [3.63, 3.8) is 0 Å². The molecule has 0 aliphatic carbocycles. The molecule has 1 N–H and O–H groups in total. The van der Waals surface area contributed by atoms with Crippen LogP contribution in [0.4, 0.5) is 11.4 Å². The van der Waals surface area contributed by atoms with Crippen molar-refractivity contribution in [3.8, 4) is 5.69 Å². The van der Waals surface area contributed by atoms with Crippen molar-refractivity contribution < 1.29 is 9.72 Å². The van der Waals surface area contributed by atoms with E-state index >= 15 is 0 Å². The van der Waals surface area contributed by atoms with Gasteiger partial charge in [-0.15, -0.1) is 0 Å². The minimum atomic E-state index is -0.500. The summed E-state index contributed by atoms with van der Waals surface area (Å²) in [4.78, 5) is 39.8. The molecule has 0 saturated carbocycles. The molecule has 0 bridgehead atoms. The van der Waals surface area contributed by atoms with Crippen LogP contribution in [0.3, 0.4) is 0 Å². The van der Waals surface area contributed by atoms with E-state index in [1.54, 1.807) is 48.0 Å². The number of nitro benzene ring substituents is 1. The quantitative estimate of drug-likeness (QED) is 0.381. The Morgan fingerprint density at radius 3 is 2.61 bits per heavy atom. The first-order valence-electron chi connectivity index (χ1n) is 9.68. The number of rotatable bonds is 6. The number of hydrogen-bond donors (Lipinski definition) is 1. The lowest BCUT2D eigenvalue weighted by Crippen LogP contribution is -2.23. The van der Waals surface area contributed by atoms with Crippen LogP contribution in [0.25, 0.3) is 16.9 Å². The van der Waals surface area contributed by atoms with Gasteiger partial charge in [-0.05, 0) is 35.9 Å². The molecule has 2 heterocycles. The Labute approximate surface area is 176 Å². The number of hydrogen-bond acceptors (Lipinski definition) is 5. The van der Waals surface area contributed by atoms with Crippen molar-refractivity contribution in [2.24, 2.45) is 0 Å². The summed E-state index contributed by atoms with van der Waals surface area (Å²) in [5.74, 6) is -0.0740. The van der Waals surface area contributed by atoms with Crippen LogP contribution in [0.2, 0.25) is 0 Å². The number of carbonyl (C=O) groups excluding carboxylic acids is 1. The number of benzene rings is 2. The fourth-order valence-electron chi connectivity index (χ4n) is 3.34. The van der Waals surface area contributed by atoms with Gasteiger partial charge >= 0.3 is 5.69 Å².